The number of methoxy groups -OCH3 is 1. The second-order valence-corrected chi connectivity index (χ2v) is 10.0. The van der Waals surface area contributed by atoms with Crippen LogP contribution in [0.25, 0.3) is 16.8 Å². The molecule has 2 aliphatic rings. The minimum Gasteiger partial charge on any atom is -0.480 e. The van der Waals surface area contributed by atoms with Gasteiger partial charge in [0, 0.05) is 42.6 Å². The van der Waals surface area contributed by atoms with Gasteiger partial charge < -0.3 is 20.7 Å². The fourth-order valence-corrected chi connectivity index (χ4v) is 5.24. The van der Waals surface area contributed by atoms with E-state index >= 15 is 0 Å². The number of rotatable bonds is 7. The van der Waals surface area contributed by atoms with Crippen LogP contribution in [0.1, 0.15) is 28.8 Å². The number of carbonyl (C=O) groups excluding carboxylic acids is 2. The maximum atomic E-state index is 14.9. The van der Waals surface area contributed by atoms with Crippen LogP contribution in [0, 0.1) is 5.92 Å². The molecule has 1 aliphatic heterocycles. The number of anilines is 1. The summed E-state index contributed by atoms with van der Waals surface area (Å²) in [6.07, 6.45) is 1.55. The van der Waals surface area contributed by atoms with Crippen LogP contribution in [-0.4, -0.2) is 94.8 Å². The molecule has 0 unspecified atom stereocenters. The van der Waals surface area contributed by atoms with Gasteiger partial charge in [0.15, 0.2) is 5.82 Å². The third-order valence-corrected chi connectivity index (χ3v) is 7.29. The summed E-state index contributed by atoms with van der Waals surface area (Å²) >= 11 is 0. The molecule has 0 aromatic carbocycles. The first-order chi connectivity index (χ1) is 19.6. The molecular weight excluding hydrogens is 547 g/mol. The number of nitrogens with zero attached hydrogens (tertiary/aromatic N) is 9. The zero-order valence-corrected chi connectivity index (χ0v) is 21.6. The van der Waals surface area contributed by atoms with Crippen molar-refractivity contribution in [3.8, 4) is 17.1 Å². The molecule has 17 heteroatoms. The SMILES string of the molecule is COc1ncc(-c2cc(Cn3cnnn3)c3c(N)ncnn23)cc1C(=O)N[C@@H]1CN(C(=O)C2CC(F)(F)C2)C[C@@H]1F. The van der Waals surface area contributed by atoms with Crippen LogP contribution >= 0.6 is 0 Å². The van der Waals surface area contributed by atoms with Crippen molar-refractivity contribution >= 4 is 23.1 Å². The quantitative estimate of drug-likeness (QED) is 0.322. The number of likely N-dealkylation sites (tertiary alicyclic amines) is 1. The molecule has 0 spiro atoms. The van der Waals surface area contributed by atoms with E-state index < -0.39 is 48.7 Å². The Hall–Kier alpha value is -4.83. The molecule has 4 aromatic heterocycles. The van der Waals surface area contributed by atoms with Crippen molar-refractivity contribution in [2.75, 3.05) is 25.9 Å². The van der Waals surface area contributed by atoms with Crippen molar-refractivity contribution < 1.29 is 27.5 Å². The smallest absolute Gasteiger partial charge is 0.257 e. The number of hydrogen-bond acceptors (Lipinski definition) is 10. The van der Waals surface area contributed by atoms with E-state index in [0.717, 1.165) is 0 Å². The highest BCUT2D eigenvalue weighted by Gasteiger charge is 2.51. The monoisotopic (exact) mass is 571 g/mol. The van der Waals surface area contributed by atoms with Gasteiger partial charge in [0.05, 0.1) is 31.9 Å². The minimum absolute atomic E-state index is 0.00629. The number of nitrogens with two attached hydrogens (primary N) is 1. The van der Waals surface area contributed by atoms with Gasteiger partial charge in [0.25, 0.3) is 5.91 Å². The summed E-state index contributed by atoms with van der Waals surface area (Å²) in [5.74, 6) is -4.71. The predicted molar refractivity (Wildman–Crippen MR) is 135 cm³/mol. The summed E-state index contributed by atoms with van der Waals surface area (Å²) in [5, 5.41) is 18.1. The lowest BCUT2D eigenvalue weighted by molar-refractivity contribution is -0.159. The first-order valence-corrected chi connectivity index (χ1v) is 12.6. The molecule has 6 rings (SSSR count). The second kappa shape index (κ2) is 9.97. The average Bonchev–Trinajstić information content (AvgIpc) is 3.67. The van der Waals surface area contributed by atoms with Crippen LogP contribution in [0.15, 0.2) is 31.0 Å². The standard InChI is InChI=1S/C24H24F3N11O3/c1-41-22-15(21(39)33-17-9-36(8-16(17)25)23(40)14-4-24(26,27)5-14)2-12(6-29-22)18-3-13(7-37-11-31-34-35-37)19-20(28)30-10-32-38(18)19/h2-3,6,10-11,14,16-17H,4-5,7-9H2,1H3,(H,33,39)(H2,28,30,32)/t16-,17+/m0/s1. The molecule has 3 N–H and O–H groups in total. The van der Waals surface area contributed by atoms with Crippen LogP contribution in [-0.2, 0) is 11.3 Å². The van der Waals surface area contributed by atoms with Gasteiger partial charge >= 0.3 is 0 Å². The maximum absolute atomic E-state index is 14.9. The minimum atomic E-state index is -2.87. The average molecular weight is 572 g/mol. The third-order valence-electron chi connectivity index (χ3n) is 7.29. The molecule has 2 atom stereocenters. The summed E-state index contributed by atoms with van der Waals surface area (Å²) in [6, 6.07) is 2.27. The first-order valence-electron chi connectivity index (χ1n) is 12.6. The first kappa shape index (κ1) is 26.4. The molecule has 0 radical (unpaired) electrons. The number of hydrogen-bond donors (Lipinski definition) is 2. The lowest BCUT2D eigenvalue weighted by Crippen LogP contribution is -2.47. The molecule has 14 nitrogen and oxygen atoms in total. The third kappa shape index (κ3) is 4.87. The van der Waals surface area contributed by atoms with E-state index in [4.69, 9.17) is 10.5 Å². The molecule has 1 saturated carbocycles. The Bertz CT molecular complexity index is 1620. The maximum Gasteiger partial charge on any atom is 0.257 e. The highest BCUT2D eigenvalue weighted by Crippen LogP contribution is 2.43. The molecule has 41 heavy (non-hydrogen) atoms. The van der Waals surface area contributed by atoms with E-state index in [0.29, 0.717) is 22.3 Å². The molecular formula is C24H24F3N11O3. The lowest BCUT2D eigenvalue weighted by Gasteiger charge is -2.36. The Balaban J connectivity index is 1.26. The van der Waals surface area contributed by atoms with Crippen molar-refractivity contribution in [3.63, 3.8) is 0 Å². The van der Waals surface area contributed by atoms with E-state index in [2.05, 4.69) is 35.9 Å². The number of nitrogen functional groups attached to an aromatic ring is 1. The highest BCUT2D eigenvalue weighted by molar-refractivity contribution is 5.98. The number of fused-ring (bicyclic) bond motifs is 1. The van der Waals surface area contributed by atoms with Crippen LogP contribution in [0.5, 0.6) is 5.88 Å². The molecule has 1 aliphatic carbocycles. The van der Waals surface area contributed by atoms with E-state index in [1.165, 1.54) is 41.6 Å². The summed E-state index contributed by atoms with van der Waals surface area (Å²) in [6.45, 7) is -0.163. The number of aromatic nitrogens is 8. The Kier molecular flexibility index (Phi) is 6.42. The zero-order valence-electron chi connectivity index (χ0n) is 21.6. The van der Waals surface area contributed by atoms with Crippen molar-refractivity contribution in [2.45, 2.75) is 37.5 Å². The largest absolute Gasteiger partial charge is 0.480 e. The molecule has 1 saturated heterocycles. The molecule has 5 heterocycles. The summed E-state index contributed by atoms with van der Waals surface area (Å²) < 4.78 is 49.6. The predicted octanol–water partition coefficient (Wildman–Crippen LogP) is 0.741. The van der Waals surface area contributed by atoms with Crippen LogP contribution in [0.4, 0.5) is 19.0 Å². The van der Waals surface area contributed by atoms with Crippen molar-refractivity contribution in [1.29, 1.82) is 0 Å². The van der Waals surface area contributed by atoms with Gasteiger partial charge in [-0.1, -0.05) is 0 Å². The van der Waals surface area contributed by atoms with Crippen LogP contribution in [0.2, 0.25) is 0 Å². The normalized spacial score (nSPS) is 20.2. The zero-order chi connectivity index (χ0) is 28.9. The lowest BCUT2D eigenvalue weighted by atomic mass is 9.80. The Labute approximate surface area is 229 Å². The Morgan fingerprint density at radius 2 is 2.02 bits per heavy atom. The number of pyridine rings is 1. The molecule has 0 bridgehead atoms. The van der Waals surface area contributed by atoms with Gasteiger partial charge in [-0.25, -0.2) is 32.3 Å². The molecule has 4 aromatic rings. The number of halogens is 3. The van der Waals surface area contributed by atoms with Gasteiger partial charge in [0.2, 0.25) is 17.7 Å². The number of tetrazole rings is 1. The van der Waals surface area contributed by atoms with Gasteiger partial charge in [-0.3, -0.25) is 9.59 Å². The number of nitrogens with one attached hydrogen (secondary N) is 1. The van der Waals surface area contributed by atoms with Crippen molar-refractivity contribution in [3.05, 3.63) is 42.1 Å². The Morgan fingerprint density at radius 1 is 1.22 bits per heavy atom. The Morgan fingerprint density at radius 3 is 2.73 bits per heavy atom. The van der Waals surface area contributed by atoms with E-state index in [1.807, 2.05) is 0 Å². The second-order valence-electron chi connectivity index (χ2n) is 10.0. The summed E-state index contributed by atoms with van der Waals surface area (Å²) in [5.41, 5.74) is 8.38. The van der Waals surface area contributed by atoms with E-state index in [9.17, 15) is 22.8 Å². The van der Waals surface area contributed by atoms with Crippen molar-refractivity contribution in [2.24, 2.45) is 5.92 Å². The van der Waals surface area contributed by atoms with Gasteiger partial charge in [-0.15, -0.1) is 5.10 Å². The fourth-order valence-electron chi connectivity index (χ4n) is 5.24. The van der Waals surface area contributed by atoms with Gasteiger partial charge in [0.1, 0.15) is 29.9 Å². The number of alkyl halides is 3. The molecule has 214 valence electrons. The fraction of sp³-hybridized carbons (Fsp3) is 0.417. The molecule has 2 fully saturated rings. The highest BCUT2D eigenvalue weighted by atomic mass is 19.3. The number of carbonyl (C=O) groups is 2. The topological polar surface area (TPSA) is 171 Å². The van der Waals surface area contributed by atoms with Gasteiger partial charge in [-0.05, 0) is 22.6 Å². The van der Waals surface area contributed by atoms with Gasteiger partial charge in [-0.2, -0.15) is 5.10 Å². The van der Waals surface area contributed by atoms with E-state index in [-0.39, 0.29) is 36.9 Å². The van der Waals surface area contributed by atoms with Crippen molar-refractivity contribution in [1.82, 2.24) is 50.0 Å². The summed E-state index contributed by atoms with van der Waals surface area (Å²) in [4.78, 5) is 35.4. The number of amides is 2. The number of ether oxygens (including phenoxy) is 1. The summed E-state index contributed by atoms with van der Waals surface area (Å²) in [7, 11) is 1.34. The van der Waals surface area contributed by atoms with E-state index in [1.54, 1.807) is 10.6 Å². The van der Waals surface area contributed by atoms with Crippen LogP contribution in [0.3, 0.4) is 0 Å². The molecule has 2 amide bonds. The van der Waals surface area contributed by atoms with Crippen LogP contribution < -0.4 is 15.8 Å².